The molecule has 108 valence electrons. The normalized spacial score (nSPS) is 20.2. The first-order chi connectivity index (χ1) is 9.07. The highest BCUT2D eigenvalue weighted by atomic mass is 19.2. The molecule has 0 amide bonds. The van der Waals surface area contributed by atoms with Crippen molar-refractivity contribution in [2.75, 3.05) is 0 Å². The maximum Gasteiger partial charge on any atom is 0.498 e. The summed E-state index contributed by atoms with van der Waals surface area (Å²) in [4.78, 5) is 11.2. The van der Waals surface area contributed by atoms with Crippen LogP contribution in [0.5, 0.6) is 0 Å². The average molecular weight is 284 g/mol. The fourth-order valence-electron chi connectivity index (χ4n) is 1.94. The van der Waals surface area contributed by atoms with Crippen molar-refractivity contribution in [2.45, 2.75) is 38.9 Å². The van der Waals surface area contributed by atoms with Gasteiger partial charge in [0.05, 0.1) is 16.8 Å². The highest BCUT2D eigenvalue weighted by Gasteiger charge is 2.53. The van der Waals surface area contributed by atoms with Gasteiger partial charge < -0.3 is 14.4 Å². The van der Waals surface area contributed by atoms with Gasteiger partial charge in [-0.1, -0.05) is 0 Å². The first kappa shape index (κ1) is 14.9. The number of hydrogen-bond acceptors (Lipinski definition) is 3. The Morgan fingerprint density at radius 2 is 1.65 bits per heavy atom. The Kier molecular flexibility index (Phi) is 3.38. The molecule has 20 heavy (non-hydrogen) atoms. The van der Waals surface area contributed by atoms with E-state index in [-0.39, 0.29) is 5.56 Å². The van der Waals surface area contributed by atoms with Crippen LogP contribution >= 0.6 is 0 Å². The van der Waals surface area contributed by atoms with Crippen LogP contribution in [0.3, 0.4) is 0 Å². The van der Waals surface area contributed by atoms with Crippen LogP contribution in [-0.2, 0) is 9.31 Å². The van der Waals surface area contributed by atoms with E-state index in [2.05, 4.69) is 0 Å². The molecule has 1 heterocycles. The third-order valence-electron chi connectivity index (χ3n) is 3.85. The van der Waals surface area contributed by atoms with E-state index in [0.717, 1.165) is 12.1 Å². The van der Waals surface area contributed by atoms with Crippen LogP contribution in [0, 0.1) is 11.6 Å². The molecule has 7 heteroatoms. The zero-order valence-corrected chi connectivity index (χ0v) is 11.7. The fraction of sp³-hybridized carbons (Fsp3) is 0.462. The molecule has 4 nitrogen and oxygen atoms in total. The number of hydrogen-bond donors (Lipinski definition) is 1. The van der Waals surface area contributed by atoms with Crippen molar-refractivity contribution in [3.05, 3.63) is 29.3 Å². The minimum Gasteiger partial charge on any atom is -0.478 e. The van der Waals surface area contributed by atoms with E-state index in [1.165, 1.54) is 0 Å². The molecule has 0 radical (unpaired) electrons. The first-order valence-electron chi connectivity index (χ1n) is 6.13. The molecule has 0 aliphatic carbocycles. The number of aromatic carboxylic acids is 1. The van der Waals surface area contributed by atoms with E-state index in [9.17, 15) is 13.6 Å². The van der Waals surface area contributed by atoms with Crippen molar-refractivity contribution >= 4 is 18.6 Å². The van der Waals surface area contributed by atoms with Crippen LogP contribution in [0.2, 0.25) is 0 Å². The van der Waals surface area contributed by atoms with Gasteiger partial charge in [0.15, 0.2) is 11.6 Å². The topological polar surface area (TPSA) is 55.8 Å². The van der Waals surface area contributed by atoms with E-state index < -0.39 is 41.4 Å². The number of halogens is 2. The van der Waals surface area contributed by atoms with Gasteiger partial charge in [-0.2, -0.15) is 0 Å². The minimum atomic E-state index is -1.37. The second kappa shape index (κ2) is 4.53. The summed E-state index contributed by atoms with van der Waals surface area (Å²) in [6, 6.07) is 1.77. The van der Waals surface area contributed by atoms with Crippen LogP contribution < -0.4 is 5.46 Å². The molecule has 0 spiro atoms. The highest BCUT2D eigenvalue weighted by Crippen LogP contribution is 2.37. The van der Waals surface area contributed by atoms with Crippen LogP contribution in [-0.4, -0.2) is 29.4 Å². The molecule has 1 N–H and O–H groups in total. The van der Waals surface area contributed by atoms with E-state index in [1.54, 1.807) is 27.7 Å². The molecule has 1 aliphatic heterocycles. The molecular weight excluding hydrogens is 269 g/mol. The maximum absolute atomic E-state index is 14.0. The van der Waals surface area contributed by atoms with Crippen LogP contribution in [0.25, 0.3) is 0 Å². The number of carbonyl (C=O) groups is 1. The molecule has 0 atom stereocenters. The molecule has 0 bridgehead atoms. The highest BCUT2D eigenvalue weighted by molar-refractivity contribution is 6.63. The van der Waals surface area contributed by atoms with Crippen LogP contribution in [0.15, 0.2) is 12.1 Å². The predicted octanol–water partition coefficient (Wildman–Crippen LogP) is 1.96. The van der Waals surface area contributed by atoms with E-state index in [0.29, 0.717) is 0 Å². The van der Waals surface area contributed by atoms with Gasteiger partial charge in [0, 0.05) is 5.46 Å². The number of carboxylic acids is 1. The molecule has 1 saturated heterocycles. The Labute approximate surface area is 115 Å². The van der Waals surface area contributed by atoms with Gasteiger partial charge in [0.1, 0.15) is 0 Å². The van der Waals surface area contributed by atoms with Crippen molar-refractivity contribution in [3.63, 3.8) is 0 Å². The smallest absolute Gasteiger partial charge is 0.478 e. The molecule has 0 aromatic heterocycles. The predicted molar refractivity (Wildman–Crippen MR) is 69.0 cm³/mol. The summed E-state index contributed by atoms with van der Waals surface area (Å²) in [7, 11) is -1.26. The molecule has 1 aromatic carbocycles. The summed E-state index contributed by atoms with van der Waals surface area (Å²) < 4.78 is 38.5. The molecule has 1 aromatic rings. The van der Waals surface area contributed by atoms with E-state index >= 15 is 0 Å². The lowest BCUT2D eigenvalue weighted by atomic mass is 9.75. The van der Waals surface area contributed by atoms with Gasteiger partial charge in [-0.25, -0.2) is 13.6 Å². The van der Waals surface area contributed by atoms with Gasteiger partial charge in [0.25, 0.3) is 0 Å². The fourth-order valence-corrected chi connectivity index (χ4v) is 1.94. The monoisotopic (exact) mass is 284 g/mol. The van der Waals surface area contributed by atoms with Crippen molar-refractivity contribution in [1.29, 1.82) is 0 Å². The van der Waals surface area contributed by atoms with Crippen molar-refractivity contribution < 1.29 is 28.0 Å². The van der Waals surface area contributed by atoms with Gasteiger partial charge >= 0.3 is 13.1 Å². The Hall–Kier alpha value is -1.47. The summed E-state index contributed by atoms with van der Waals surface area (Å²) >= 11 is 0. The van der Waals surface area contributed by atoms with Gasteiger partial charge in [-0.05, 0) is 39.8 Å². The van der Waals surface area contributed by atoms with Crippen molar-refractivity contribution in [3.8, 4) is 0 Å². The van der Waals surface area contributed by atoms with Crippen LogP contribution in [0.1, 0.15) is 38.1 Å². The summed E-state index contributed by atoms with van der Waals surface area (Å²) in [5.41, 5.74) is -2.34. The summed E-state index contributed by atoms with van der Waals surface area (Å²) in [6.07, 6.45) is 0. The molecule has 1 fully saturated rings. The molecular formula is C13H15BF2O4. The Morgan fingerprint density at radius 3 is 2.10 bits per heavy atom. The summed E-state index contributed by atoms with van der Waals surface area (Å²) in [5, 5.41) is 9.10. The Balaban J connectivity index is 2.54. The molecule has 0 saturated carbocycles. The summed E-state index contributed by atoms with van der Waals surface area (Å²) in [5.74, 6) is -3.77. The number of carboxylic acid groups (broad SMARTS) is 1. The Morgan fingerprint density at radius 1 is 1.15 bits per heavy atom. The molecule has 1 aliphatic rings. The zero-order valence-electron chi connectivity index (χ0n) is 11.7. The lowest BCUT2D eigenvalue weighted by Gasteiger charge is -2.32. The standard InChI is InChI=1S/C13H15BF2O4/c1-12(2)13(3,4)20-14(19-12)9-7(11(17)18)5-6-8(15)10(9)16/h5-6H,1-4H3,(H,17,18). The third-order valence-corrected chi connectivity index (χ3v) is 3.85. The number of rotatable bonds is 2. The van der Waals surface area contributed by atoms with Gasteiger partial charge in [-0.15, -0.1) is 0 Å². The maximum atomic E-state index is 14.0. The average Bonchev–Trinajstić information content (AvgIpc) is 2.51. The van der Waals surface area contributed by atoms with Gasteiger partial charge in [0.2, 0.25) is 0 Å². The largest absolute Gasteiger partial charge is 0.498 e. The first-order valence-corrected chi connectivity index (χ1v) is 6.13. The Bertz CT molecular complexity index is 556. The lowest BCUT2D eigenvalue weighted by Crippen LogP contribution is -2.41. The van der Waals surface area contributed by atoms with Crippen molar-refractivity contribution in [1.82, 2.24) is 0 Å². The third kappa shape index (κ3) is 2.21. The lowest BCUT2D eigenvalue weighted by molar-refractivity contribution is 0.00578. The van der Waals surface area contributed by atoms with Crippen LogP contribution in [0.4, 0.5) is 8.78 Å². The second-order valence-corrected chi connectivity index (χ2v) is 5.72. The molecule has 0 unspecified atom stereocenters. The number of benzene rings is 1. The quantitative estimate of drug-likeness (QED) is 0.843. The van der Waals surface area contributed by atoms with Crippen molar-refractivity contribution in [2.24, 2.45) is 0 Å². The SMILES string of the molecule is CC1(C)OB(c2c(C(=O)O)ccc(F)c2F)OC1(C)C. The van der Waals surface area contributed by atoms with E-state index in [1.807, 2.05) is 0 Å². The van der Waals surface area contributed by atoms with Gasteiger partial charge in [-0.3, -0.25) is 0 Å². The molecule has 2 rings (SSSR count). The minimum absolute atomic E-state index is 0.373. The zero-order chi connectivity index (χ0) is 15.3. The van der Waals surface area contributed by atoms with E-state index in [4.69, 9.17) is 14.4 Å². The summed E-state index contributed by atoms with van der Waals surface area (Å²) in [6.45, 7) is 6.96. The second-order valence-electron chi connectivity index (χ2n) is 5.72.